The molecule has 0 bridgehead atoms. The molecule has 2 fully saturated rings. The van der Waals surface area contributed by atoms with Crippen LogP contribution in [-0.2, 0) is 9.59 Å². The number of benzene rings is 1. The maximum absolute atomic E-state index is 12.9. The predicted molar refractivity (Wildman–Crippen MR) is 104 cm³/mol. The molecule has 2 saturated heterocycles. The van der Waals surface area contributed by atoms with Crippen LogP contribution in [0.15, 0.2) is 24.3 Å². The van der Waals surface area contributed by atoms with Gasteiger partial charge in [-0.2, -0.15) is 0 Å². The average molecular weight is 414 g/mol. The van der Waals surface area contributed by atoms with Gasteiger partial charge in [-0.05, 0) is 37.1 Å². The van der Waals surface area contributed by atoms with Gasteiger partial charge < -0.3 is 14.7 Å². The first kappa shape index (κ1) is 21.7. The third-order valence-corrected chi connectivity index (χ3v) is 4.97. The minimum absolute atomic E-state index is 0. The highest BCUT2D eigenvalue weighted by Crippen LogP contribution is 2.20. The number of anilines is 1. The topological polar surface area (TPSA) is 85.0 Å². The number of nitrogens with one attached hydrogen (secondary N) is 2. The first-order valence-corrected chi connectivity index (χ1v) is 9.08. The SMILES string of the molecule is CC(=O)N1CCN(C(=O)N2CCCC2C(=O)NNc2ccc(F)cc2)CC1.Cl. The number of piperazine rings is 1. The molecule has 1 atom stereocenters. The molecule has 1 unspecified atom stereocenters. The van der Waals surface area contributed by atoms with Crippen LogP contribution in [-0.4, -0.2) is 71.3 Å². The van der Waals surface area contributed by atoms with E-state index in [0.29, 0.717) is 44.8 Å². The molecule has 0 radical (unpaired) electrons. The molecule has 3 rings (SSSR count). The normalized spacial score (nSPS) is 19.1. The second-order valence-electron chi connectivity index (χ2n) is 6.75. The zero-order valence-electron chi connectivity index (χ0n) is 15.7. The van der Waals surface area contributed by atoms with Crippen molar-refractivity contribution in [2.24, 2.45) is 0 Å². The van der Waals surface area contributed by atoms with Crippen LogP contribution in [0, 0.1) is 5.82 Å². The van der Waals surface area contributed by atoms with Crippen molar-refractivity contribution in [3.8, 4) is 0 Å². The maximum Gasteiger partial charge on any atom is 0.320 e. The van der Waals surface area contributed by atoms with Crippen LogP contribution in [0.2, 0.25) is 0 Å². The molecule has 2 heterocycles. The lowest BCUT2D eigenvalue weighted by Crippen LogP contribution is -2.56. The van der Waals surface area contributed by atoms with Crippen molar-refractivity contribution in [1.29, 1.82) is 0 Å². The summed E-state index contributed by atoms with van der Waals surface area (Å²) in [4.78, 5) is 41.7. The summed E-state index contributed by atoms with van der Waals surface area (Å²) >= 11 is 0. The van der Waals surface area contributed by atoms with Gasteiger partial charge >= 0.3 is 6.03 Å². The van der Waals surface area contributed by atoms with Crippen LogP contribution in [0.1, 0.15) is 19.8 Å². The molecule has 2 aliphatic rings. The fraction of sp³-hybridized carbons (Fsp3) is 0.500. The molecule has 8 nitrogen and oxygen atoms in total. The van der Waals surface area contributed by atoms with Crippen LogP contribution in [0.25, 0.3) is 0 Å². The number of nitrogens with zero attached hydrogens (tertiary/aromatic N) is 3. The summed E-state index contributed by atoms with van der Waals surface area (Å²) in [6.07, 6.45) is 1.35. The van der Waals surface area contributed by atoms with E-state index >= 15 is 0 Å². The number of hydrogen-bond donors (Lipinski definition) is 2. The van der Waals surface area contributed by atoms with Gasteiger partial charge in [0, 0.05) is 39.6 Å². The fourth-order valence-corrected chi connectivity index (χ4v) is 3.41. The lowest BCUT2D eigenvalue weighted by molar-refractivity contribution is -0.130. The highest BCUT2D eigenvalue weighted by molar-refractivity contribution is 5.88. The molecule has 0 spiro atoms. The van der Waals surface area contributed by atoms with E-state index in [-0.39, 0.29) is 36.1 Å². The molecule has 2 N–H and O–H groups in total. The summed E-state index contributed by atoms with van der Waals surface area (Å²) in [6, 6.07) is 4.90. The molecule has 2 aliphatic heterocycles. The Morgan fingerprint density at radius 3 is 2.21 bits per heavy atom. The van der Waals surface area contributed by atoms with Crippen molar-refractivity contribution in [3.63, 3.8) is 0 Å². The Morgan fingerprint density at radius 2 is 1.61 bits per heavy atom. The van der Waals surface area contributed by atoms with Gasteiger partial charge in [-0.3, -0.25) is 20.4 Å². The summed E-state index contributed by atoms with van der Waals surface area (Å²) in [7, 11) is 0. The van der Waals surface area contributed by atoms with Gasteiger partial charge in [0.05, 0.1) is 5.69 Å². The van der Waals surface area contributed by atoms with E-state index in [1.54, 1.807) is 14.7 Å². The first-order chi connectivity index (χ1) is 13.0. The average Bonchev–Trinajstić information content (AvgIpc) is 3.16. The number of carbonyl (C=O) groups excluding carboxylic acids is 3. The largest absolute Gasteiger partial charge is 0.339 e. The maximum atomic E-state index is 12.9. The van der Waals surface area contributed by atoms with Gasteiger partial charge in [-0.15, -0.1) is 12.4 Å². The van der Waals surface area contributed by atoms with Gasteiger partial charge in [0.1, 0.15) is 11.9 Å². The van der Waals surface area contributed by atoms with Crippen molar-refractivity contribution < 1.29 is 18.8 Å². The Kier molecular flexibility index (Phi) is 7.45. The Hall–Kier alpha value is -2.55. The second kappa shape index (κ2) is 9.59. The van der Waals surface area contributed by atoms with E-state index in [9.17, 15) is 18.8 Å². The molecular formula is C18H25ClFN5O3. The molecule has 10 heteroatoms. The van der Waals surface area contributed by atoms with Crippen LogP contribution in [0.4, 0.5) is 14.9 Å². The molecule has 1 aromatic rings. The Bertz CT molecular complexity index is 710. The van der Waals surface area contributed by atoms with E-state index in [0.717, 1.165) is 6.42 Å². The summed E-state index contributed by atoms with van der Waals surface area (Å²) < 4.78 is 12.9. The molecule has 154 valence electrons. The quantitative estimate of drug-likeness (QED) is 0.734. The van der Waals surface area contributed by atoms with E-state index in [1.165, 1.54) is 31.2 Å². The highest BCUT2D eigenvalue weighted by Gasteiger charge is 2.37. The molecule has 0 aliphatic carbocycles. The highest BCUT2D eigenvalue weighted by atomic mass is 35.5. The minimum atomic E-state index is -0.545. The van der Waals surface area contributed by atoms with Gasteiger partial charge in [0.25, 0.3) is 5.91 Å². The lowest BCUT2D eigenvalue weighted by atomic mass is 10.2. The Balaban J connectivity index is 0.00000280. The Morgan fingerprint density at radius 1 is 1.00 bits per heavy atom. The number of amides is 4. The number of halogens is 2. The smallest absolute Gasteiger partial charge is 0.320 e. The zero-order valence-corrected chi connectivity index (χ0v) is 16.5. The third-order valence-electron chi connectivity index (χ3n) is 4.97. The van der Waals surface area contributed by atoms with E-state index in [1.807, 2.05) is 0 Å². The number of rotatable bonds is 3. The monoisotopic (exact) mass is 413 g/mol. The van der Waals surface area contributed by atoms with Gasteiger partial charge in [0.15, 0.2) is 0 Å². The first-order valence-electron chi connectivity index (χ1n) is 9.08. The summed E-state index contributed by atoms with van der Waals surface area (Å²) in [5.41, 5.74) is 5.89. The van der Waals surface area contributed by atoms with E-state index in [4.69, 9.17) is 0 Å². The molecule has 4 amide bonds. The van der Waals surface area contributed by atoms with Gasteiger partial charge in [0.2, 0.25) is 5.91 Å². The summed E-state index contributed by atoms with van der Waals surface area (Å²) in [6.45, 7) is 4.01. The Labute approximate surface area is 169 Å². The van der Waals surface area contributed by atoms with Crippen molar-refractivity contribution in [3.05, 3.63) is 30.1 Å². The van der Waals surface area contributed by atoms with E-state index in [2.05, 4.69) is 10.9 Å². The summed E-state index contributed by atoms with van der Waals surface area (Å²) in [5, 5.41) is 0. The molecule has 1 aromatic carbocycles. The minimum Gasteiger partial charge on any atom is -0.339 e. The number of hydrogen-bond acceptors (Lipinski definition) is 4. The lowest BCUT2D eigenvalue weighted by Gasteiger charge is -2.37. The van der Waals surface area contributed by atoms with Crippen molar-refractivity contribution in [1.82, 2.24) is 20.1 Å². The molecule has 28 heavy (non-hydrogen) atoms. The second-order valence-corrected chi connectivity index (χ2v) is 6.75. The molecule has 0 aromatic heterocycles. The van der Waals surface area contributed by atoms with Gasteiger partial charge in [-0.1, -0.05) is 0 Å². The fourth-order valence-electron chi connectivity index (χ4n) is 3.41. The number of hydrazine groups is 1. The van der Waals surface area contributed by atoms with Crippen molar-refractivity contribution in [2.75, 3.05) is 38.1 Å². The molecular weight excluding hydrogens is 389 g/mol. The van der Waals surface area contributed by atoms with Crippen LogP contribution in [0.5, 0.6) is 0 Å². The van der Waals surface area contributed by atoms with E-state index < -0.39 is 6.04 Å². The van der Waals surface area contributed by atoms with Crippen LogP contribution in [0.3, 0.4) is 0 Å². The van der Waals surface area contributed by atoms with Crippen LogP contribution >= 0.6 is 12.4 Å². The number of likely N-dealkylation sites (tertiary alicyclic amines) is 1. The number of carbonyl (C=O) groups is 3. The molecule has 0 saturated carbocycles. The zero-order chi connectivity index (χ0) is 19.4. The standard InChI is InChI=1S/C18H24FN5O3.ClH/c1-13(25)22-9-11-23(12-10-22)18(27)24-8-2-3-16(24)17(26)21-20-15-6-4-14(19)5-7-15;/h4-7,16,20H,2-3,8-12H2,1H3,(H,21,26);1H. The van der Waals surface area contributed by atoms with Crippen molar-refractivity contribution in [2.45, 2.75) is 25.8 Å². The summed E-state index contributed by atoms with van der Waals surface area (Å²) in [5.74, 6) is -0.649. The third kappa shape index (κ3) is 5.03. The van der Waals surface area contributed by atoms with Crippen molar-refractivity contribution >= 4 is 35.9 Å². The predicted octanol–water partition coefficient (Wildman–Crippen LogP) is 1.44. The number of urea groups is 1. The van der Waals surface area contributed by atoms with Crippen LogP contribution < -0.4 is 10.9 Å². The van der Waals surface area contributed by atoms with Gasteiger partial charge in [-0.25, -0.2) is 9.18 Å².